The first-order chi connectivity index (χ1) is 25.1. The van der Waals surface area contributed by atoms with Gasteiger partial charge in [-0.2, -0.15) is 4.31 Å². The molecule has 3 fully saturated rings. The number of carbonyl (C=O) groups excluding carboxylic acids is 1. The Balaban J connectivity index is 0.936. The van der Waals surface area contributed by atoms with Crippen LogP contribution in [0.2, 0.25) is 0 Å². The van der Waals surface area contributed by atoms with Crippen molar-refractivity contribution in [3.05, 3.63) is 54.2 Å². The minimum absolute atomic E-state index is 0.0718. The fourth-order valence-electron chi connectivity index (χ4n) is 8.00. The number of ether oxygens (including phenoxy) is 2. The van der Waals surface area contributed by atoms with Crippen LogP contribution in [0.15, 0.2) is 47.5 Å². The fourth-order valence-corrected chi connectivity index (χ4v) is 9.42. The molecule has 286 valence electrons. The third-order valence-electron chi connectivity index (χ3n) is 10.9. The first-order valence-electron chi connectivity index (χ1n) is 18.5. The number of likely N-dealkylation sites (tertiary alicyclic amines) is 1. The van der Waals surface area contributed by atoms with Crippen molar-refractivity contribution in [3.8, 4) is 17.0 Å². The number of nitrogens with zero attached hydrogens (tertiary/aromatic N) is 6. The molecule has 2 aromatic carbocycles. The highest BCUT2D eigenvalue weighted by Gasteiger charge is 2.49. The van der Waals surface area contributed by atoms with Crippen molar-refractivity contribution in [1.82, 2.24) is 24.1 Å². The number of hydrogen-bond acceptors (Lipinski definition) is 10. The molecular formula is C38H49F2N7O5S. The summed E-state index contributed by atoms with van der Waals surface area (Å²) in [6.07, 6.45) is 4.88. The largest absolute Gasteiger partial charge is 0.486 e. The number of nitrogens with one attached hydrogen (secondary N) is 1. The molecule has 1 spiro atoms. The number of hydrogen-bond donors (Lipinski definition) is 1. The maximum atomic E-state index is 15.1. The van der Waals surface area contributed by atoms with E-state index in [4.69, 9.17) is 9.47 Å². The number of fused-ring (bicyclic) bond motifs is 1. The van der Waals surface area contributed by atoms with E-state index in [0.29, 0.717) is 69.8 Å². The smallest absolute Gasteiger partial charge is 0.410 e. The van der Waals surface area contributed by atoms with Crippen LogP contribution >= 0.6 is 0 Å². The number of piperazine rings is 1. The Morgan fingerprint density at radius 3 is 2.30 bits per heavy atom. The minimum Gasteiger partial charge on any atom is -0.486 e. The van der Waals surface area contributed by atoms with Crippen molar-refractivity contribution in [2.75, 3.05) is 62.6 Å². The van der Waals surface area contributed by atoms with Gasteiger partial charge in [-0.3, -0.25) is 4.90 Å². The Bertz CT molecular complexity index is 1930. The number of benzene rings is 2. The molecule has 4 aliphatic rings. The van der Waals surface area contributed by atoms with Crippen LogP contribution in [0.4, 0.5) is 30.9 Å². The Morgan fingerprint density at radius 2 is 1.66 bits per heavy atom. The summed E-state index contributed by atoms with van der Waals surface area (Å²) in [5.41, 5.74) is 0.983. The fraction of sp³-hybridized carbons (Fsp3) is 0.553. The van der Waals surface area contributed by atoms with E-state index in [0.717, 1.165) is 31.9 Å². The van der Waals surface area contributed by atoms with Gasteiger partial charge in [0.15, 0.2) is 17.4 Å². The number of aromatic nitrogens is 2. The van der Waals surface area contributed by atoms with Gasteiger partial charge in [0, 0.05) is 62.6 Å². The second kappa shape index (κ2) is 14.3. The quantitative estimate of drug-likeness (QED) is 0.296. The standard InChI is InChI=1S/C38H49F2N7O5S/c1-25(2)47-18-19-51-34-30(39)20-26(21-32(34)47)33-31(40)24-41-35(43-33)42-27-6-8-29(9-7-27)53(49,50)46-16-14-44(15-17-46)28-22-38(23-28)10-12-45(13-11-38)36(48)52-37(3,4)5/h6-9,20-21,24-25,28H,10-19,22-23H2,1-5H3,(H,41,42,43). The maximum Gasteiger partial charge on any atom is 0.410 e. The van der Waals surface area contributed by atoms with E-state index in [2.05, 4.69) is 20.2 Å². The summed E-state index contributed by atoms with van der Waals surface area (Å²) in [6, 6.07) is 9.71. The molecule has 1 aliphatic carbocycles. The summed E-state index contributed by atoms with van der Waals surface area (Å²) < 4.78 is 70.0. The highest BCUT2D eigenvalue weighted by molar-refractivity contribution is 7.89. The van der Waals surface area contributed by atoms with Gasteiger partial charge in [0.2, 0.25) is 16.0 Å². The van der Waals surface area contributed by atoms with Crippen LogP contribution in [-0.4, -0.2) is 109 Å². The molecule has 15 heteroatoms. The van der Waals surface area contributed by atoms with E-state index in [9.17, 15) is 13.2 Å². The third-order valence-corrected chi connectivity index (χ3v) is 12.8. The van der Waals surface area contributed by atoms with Crippen molar-refractivity contribution < 1.29 is 31.5 Å². The molecule has 0 radical (unpaired) electrons. The van der Waals surface area contributed by atoms with Crippen LogP contribution < -0.4 is 15.0 Å². The van der Waals surface area contributed by atoms with Gasteiger partial charge < -0.3 is 24.6 Å². The van der Waals surface area contributed by atoms with Gasteiger partial charge in [-0.05, 0) is 102 Å². The van der Waals surface area contributed by atoms with Crippen LogP contribution in [0.5, 0.6) is 5.75 Å². The molecule has 1 amide bonds. The number of anilines is 3. The number of halogens is 2. The number of amides is 1. The van der Waals surface area contributed by atoms with Crippen LogP contribution in [0.25, 0.3) is 11.3 Å². The molecule has 2 saturated heterocycles. The average molecular weight is 754 g/mol. The lowest BCUT2D eigenvalue weighted by Crippen LogP contribution is -2.59. The molecule has 4 heterocycles. The van der Waals surface area contributed by atoms with Gasteiger partial charge in [-0.1, -0.05) is 0 Å². The van der Waals surface area contributed by atoms with Crippen molar-refractivity contribution in [3.63, 3.8) is 0 Å². The van der Waals surface area contributed by atoms with E-state index in [1.807, 2.05) is 44.4 Å². The molecule has 3 aromatic rings. The van der Waals surface area contributed by atoms with E-state index >= 15 is 8.78 Å². The second-order valence-corrected chi connectivity index (χ2v) is 17.9. The Hall–Kier alpha value is -4.08. The van der Waals surface area contributed by atoms with Crippen molar-refractivity contribution in [2.45, 2.75) is 82.9 Å². The first kappa shape index (κ1) is 37.2. The summed E-state index contributed by atoms with van der Waals surface area (Å²) in [5.74, 6) is -1.09. The van der Waals surface area contributed by atoms with Crippen molar-refractivity contribution in [2.24, 2.45) is 5.41 Å². The predicted octanol–water partition coefficient (Wildman–Crippen LogP) is 6.26. The Morgan fingerprint density at radius 1 is 0.981 bits per heavy atom. The molecule has 0 bridgehead atoms. The van der Waals surface area contributed by atoms with Crippen LogP contribution in [0, 0.1) is 17.0 Å². The monoisotopic (exact) mass is 753 g/mol. The topological polar surface area (TPSA) is 120 Å². The van der Waals surface area contributed by atoms with Crippen LogP contribution in [-0.2, 0) is 14.8 Å². The summed E-state index contributed by atoms with van der Waals surface area (Å²) in [6.45, 7) is 14.2. The van der Waals surface area contributed by atoms with Crippen molar-refractivity contribution in [1.29, 1.82) is 0 Å². The van der Waals surface area contributed by atoms with E-state index < -0.39 is 27.3 Å². The molecular weight excluding hydrogens is 705 g/mol. The second-order valence-electron chi connectivity index (χ2n) is 16.0. The zero-order chi connectivity index (χ0) is 37.7. The summed E-state index contributed by atoms with van der Waals surface area (Å²) >= 11 is 0. The highest BCUT2D eigenvalue weighted by Crippen LogP contribution is 2.51. The third kappa shape index (κ3) is 7.79. The van der Waals surface area contributed by atoms with Gasteiger partial charge >= 0.3 is 6.09 Å². The lowest BCUT2D eigenvalue weighted by Gasteiger charge is -2.56. The zero-order valence-electron chi connectivity index (χ0n) is 31.1. The number of sulfonamides is 1. The van der Waals surface area contributed by atoms with E-state index in [1.165, 1.54) is 22.5 Å². The summed E-state index contributed by atoms with van der Waals surface area (Å²) in [5, 5.41) is 3.02. The molecule has 1 aromatic heterocycles. The Kier molecular flexibility index (Phi) is 10.0. The lowest BCUT2D eigenvalue weighted by atomic mass is 9.60. The van der Waals surface area contributed by atoms with E-state index in [-0.39, 0.29) is 45.4 Å². The van der Waals surface area contributed by atoms with Crippen LogP contribution in [0.3, 0.4) is 0 Å². The van der Waals surface area contributed by atoms with E-state index in [1.54, 1.807) is 18.2 Å². The molecule has 1 saturated carbocycles. The summed E-state index contributed by atoms with van der Waals surface area (Å²) in [4.78, 5) is 27.3. The lowest BCUT2D eigenvalue weighted by molar-refractivity contribution is -0.0539. The molecule has 3 aliphatic heterocycles. The first-order valence-corrected chi connectivity index (χ1v) is 19.9. The average Bonchev–Trinajstić information content (AvgIpc) is 3.10. The van der Waals surface area contributed by atoms with Gasteiger partial charge in [0.25, 0.3) is 0 Å². The zero-order valence-corrected chi connectivity index (χ0v) is 31.9. The van der Waals surface area contributed by atoms with Crippen LogP contribution in [0.1, 0.15) is 60.3 Å². The molecule has 12 nitrogen and oxygen atoms in total. The maximum absolute atomic E-state index is 15.1. The number of piperidine rings is 1. The van der Waals surface area contributed by atoms with Gasteiger partial charge in [0.05, 0.1) is 23.3 Å². The molecule has 53 heavy (non-hydrogen) atoms. The summed E-state index contributed by atoms with van der Waals surface area (Å²) in [7, 11) is -3.72. The van der Waals surface area contributed by atoms with Gasteiger partial charge in [-0.25, -0.2) is 32.0 Å². The normalized spacial score (nSPS) is 19.8. The molecule has 1 N–H and O–H groups in total. The number of rotatable bonds is 7. The van der Waals surface area contributed by atoms with Gasteiger partial charge in [-0.15, -0.1) is 0 Å². The SMILES string of the molecule is CC(C)N1CCOc2c(F)cc(-c3nc(Nc4ccc(S(=O)(=O)N5CCN(C6CC7(CCN(C(=O)OC(C)(C)C)CC7)C6)CC5)cc4)ncc3F)cc21. The molecule has 7 rings (SSSR count). The van der Waals surface area contributed by atoms with Gasteiger partial charge in [0.1, 0.15) is 17.9 Å². The predicted molar refractivity (Wildman–Crippen MR) is 198 cm³/mol. The Labute approximate surface area is 310 Å². The number of carbonyl (C=O) groups is 1. The minimum atomic E-state index is -3.72. The molecule has 0 unspecified atom stereocenters. The highest BCUT2D eigenvalue weighted by atomic mass is 32.2. The molecule has 0 atom stereocenters. The van der Waals surface area contributed by atoms with Crippen molar-refractivity contribution >= 4 is 33.4 Å².